The van der Waals surface area contributed by atoms with Crippen molar-refractivity contribution in [3.05, 3.63) is 33.6 Å². The van der Waals surface area contributed by atoms with E-state index in [1.165, 1.54) is 43.5 Å². The van der Waals surface area contributed by atoms with Gasteiger partial charge in [-0.3, -0.25) is 9.88 Å². The highest BCUT2D eigenvalue weighted by Crippen LogP contribution is 2.22. The van der Waals surface area contributed by atoms with E-state index < -0.39 is 0 Å². The second kappa shape index (κ2) is 6.48. The van der Waals surface area contributed by atoms with E-state index in [4.69, 9.17) is 0 Å². The molecule has 2 nitrogen and oxygen atoms in total. The van der Waals surface area contributed by atoms with Gasteiger partial charge in [0.2, 0.25) is 0 Å². The van der Waals surface area contributed by atoms with Crippen LogP contribution in [-0.4, -0.2) is 29.5 Å². The van der Waals surface area contributed by atoms with E-state index in [2.05, 4.69) is 45.7 Å². The van der Waals surface area contributed by atoms with Crippen molar-refractivity contribution in [2.45, 2.75) is 33.1 Å². The monoisotopic (exact) mass is 308 g/mol. The third kappa shape index (κ3) is 3.66. The molecular formula is C15H21BrN2. The molecule has 0 N–H and O–H groups in total. The molecule has 0 unspecified atom stereocenters. The molecule has 0 bridgehead atoms. The molecule has 0 saturated carbocycles. The predicted octanol–water partition coefficient (Wildman–Crippen LogP) is 4.04. The van der Waals surface area contributed by atoms with Crippen LogP contribution in [-0.2, 0) is 0 Å². The van der Waals surface area contributed by atoms with Crippen LogP contribution in [0.15, 0.2) is 22.3 Å². The third-order valence-electron chi connectivity index (χ3n) is 3.45. The normalized spacial score (nSPS) is 18.1. The van der Waals surface area contributed by atoms with Gasteiger partial charge in [0, 0.05) is 28.5 Å². The summed E-state index contributed by atoms with van der Waals surface area (Å²) in [6.07, 6.45) is 8.20. The van der Waals surface area contributed by atoms with Crippen molar-refractivity contribution in [1.29, 1.82) is 0 Å². The van der Waals surface area contributed by atoms with Crippen molar-refractivity contribution in [3.63, 3.8) is 0 Å². The van der Waals surface area contributed by atoms with Crippen LogP contribution in [0.4, 0.5) is 0 Å². The molecule has 18 heavy (non-hydrogen) atoms. The summed E-state index contributed by atoms with van der Waals surface area (Å²) in [4.78, 5) is 6.90. The molecule has 0 atom stereocenters. The Balaban J connectivity index is 2.07. The SMILES string of the molecule is C/C(=C\c1c(Br)ccnc1C)CN1CCCCC1. The van der Waals surface area contributed by atoms with Gasteiger partial charge in [-0.25, -0.2) is 0 Å². The minimum Gasteiger partial charge on any atom is -0.299 e. The van der Waals surface area contributed by atoms with E-state index in [9.17, 15) is 0 Å². The van der Waals surface area contributed by atoms with Crippen LogP contribution >= 0.6 is 15.9 Å². The van der Waals surface area contributed by atoms with Crippen LogP contribution in [0.5, 0.6) is 0 Å². The molecule has 0 spiro atoms. The Kier molecular flexibility index (Phi) is 4.95. The van der Waals surface area contributed by atoms with Gasteiger partial charge in [-0.05, 0) is 45.8 Å². The molecule has 98 valence electrons. The largest absolute Gasteiger partial charge is 0.299 e. The van der Waals surface area contributed by atoms with E-state index in [0.29, 0.717) is 0 Å². The van der Waals surface area contributed by atoms with Crippen molar-refractivity contribution >= 4 is 22.0 Å². The van der Waals surface area contributed by atoms with E-state index in [1.54, 1.807) is 0 Å². The van der Waals surface area contributed by atoms with Gasteiger partial charge in [0.1, 0.15) is 0 Å². The summed E-state index contributed by atoms with van der Waals surface area (Å²) in [5.41, 5.74) is 3.71. The maximum absolute atomic E-state index is 4.35. The molecule has 1 aromatic rings. The van der Waals surface area contributed by atoms with Gasteiger partial charge in [0.25, 0.3) is 0 Å². The Hall–Kier alpha value is -0.670. The number of nitrogens with zero attached hydrogens (tertiary/aromatic N) is 2. The Morgan fingerprint density at radius 2 is 2.11 bits per heavy atom. The molecule has 2 heterocycles. The summed E-state index contributed by atoms with van der Waals surface area (Å²) >= 11 is 3.60. The van der Waals surface area contributed by atoms with Gasteiger partial charge in [0.15, 0.2) is 0 Å². The van der Waals surface area contributed by atoms with Crippen LogP contribution in [0.1, 0.15) is 37.4 Å². The molecule has 1 saturated heterocycles. The quantitative estimate of drug-likeness (QED) is 0.837. The zero-order valence-electron chi connectivity index (χ0n) is 11.2. The van der Waals surface area contributed by atoms with Gasteiger partial charge in [0.05, 0.1) is 0 Å². The zero-order chi connectivity index (χ0) is 13.0. The number of hydrogen-bond acceptors (Lipinski definition) is 2. The first-order valence-corrected chi connectivity index (χ1v) is 7.47. The van der Waals surface area contributed by atoms with Crippen molar-refractivity contribution in [2.24, 2.45) is 0 Å². The minimum atomic E-state index is 1.08. The minimum absolute atomic E-state index is 1.08. The van der Waals surface area contributed by atoms with Crippen LogP contribution in [0, 0.1) is 6.92 Å². The van der Waals surface area contributed by atoms with Crippen molar-refractivity contribution < 1.29 is 0 Å². The summed E-state index contributed by atoms with van der Waals surface area (Å²) in [7, 11) is 0. The van der Waals surface area contributed by atoms with Gasteiger partial charge < -0.3 is 0 Å². The number of halogens is 1. The molecule has 1 aromatic heterocycles. The molecule has 1 fully saturated rings. The molecular weight excluding hydrogens is 288 g/mol. The first-order chi connectivity index (χ1) is 8.66. The lowest BCUT2D eigenvalue weighted by Gasteiger charge is -2.26. The van der Waals surface area contributed by atoms with Crippen LogP contribution in [0.3, 0.4) is 0 Å². The zero-order valence-corrected chi connectivity index (χ0v) is 12.8. The molecule has 0 aromatic carbocycles. The summed E-state index contributed by atoms with van der Waals surface area (Å²) in [6, 6.07) is 2.01. The van der Waals surface area contributed by atoms with Gasteiger partial charge in [-0.2, -0.15) is 0 Å². The average molecular weight is 309 g/mol. The fourth-order valence-electron chi connectivity index (χ4n) is 2.48. The van der Waals surface area contributed by atoms with E-state index in [1.807, 2.05) is 12.3 Å². The van der Waals surface area contributed by atoms with Crippen LogP contribution in [0.2, 0.25) is 0 Å². The number of aryl methyl sites for hydroxylation is 1. The average Bonchev–Trinajstić information content (AvgIpc) is 2.35. The maximum atomic E-state index is 4.35. The lowest BCUT2D eigenvalue weighted by atomic mass is 10.1. The van der Waals surface area contributed by atoms with Gasteiger partial charge >= 0.3 is 0 Å². The van der Waals surface area contributed by atoms with Crippen LogP contribution in [0.25, 0.3) is 6.08 Å². The second-order valence-corrected chi connectivity index (χ2v) is 5.97. The molecule has 0 radical (unpaired) electrons. The predicted molar refractivity (Wildman–Crippen MR) is 80.6 cm³/mol. The van der Waals surface area contributed by atoms with E-state index >= 15 is 0 Å². The number of piperidine rings is 1. The Labute approximate surface area is 118 Å². The van der Waals surface area contributed by atoms with Crippen molar-refractivity contribution in [3.8, 4) is 0 Å². The fraction of sp³-hybridized carbons (Fsp3) is 0.533. The number of pyridine rings is 1. The van der Waals surface area contributed by atoms with Gasteiger partial charge in [-0.1, -0.05) is 34.0 Å². The topological polar surface area (TPSA) is 16.1 Å². The summed E-state index contributed by atoms with van der Waals surface area (Å²) < 4.78 is 1.13. The second-order valence-electron chi connectivity index (χ2n) is 5.12. The number of aromatic nitrogens is 1. The summed E-state index contributed by atoms with van der Waals surface area (Å²) in [5, 5.41) is 0. The van der Waals surface area contributed by atoms with E-state index in [-0.39, 0.29) is 0 Å². The first kappa shape index (κ1) is 13.8. The highest BCUT2D eigenvalue weighted by atomic mass is 79.9. The third-order valence-corrected chi connectivity index (χ3v) is 4.14. The number of rotatable bonds is 3. The first-order valence-electron chi connectivity index (χ1n) is 6.67. The molecule has 2 rings (SSSR count). The fourth-order valence-corrected chi connectivity index (χ4v) is 3.00. The smallest absolute Gasteiger partial charge is 0.0456 e. The highest BCUT2D eigenvalue weighted by Gasteiger charge is 2.10. The maximum Gasteiger partial charge on any atom is 0.0456 e. The van der Waals surface area contributed by atoms with E-state index in [0.717, 1.165) is 16.7 Å². The van der Waals surface area contributed by atoms with Crippen molar-refractivity contribution in [1.82, 2.24) is 9.88 Å². The Bertz CT molecular complexity index is 414. The standard InChI is InChI=1S/C15H21BrN2/c1-12(11-18-8-4-3-5-9-18)10-14-13(2)17-7-6-15(14)16/h6-7,10H,3-5,8-9,11H2,1-2H3/b12-10+. The molecule has 3 heteroatoms. The molecule has 0 aliphatic carbocycles. The molecule has 1 aliphatic heterocycles. The Morgan fingerprint density at radius 3 is 2.78 bits per heavy atom. The molecule has 1 aliphatic rings. The lowest BCUT2D eigenvalue weighted by Crippen LogP contribution is -2.31. The summed E-state index contributed by atoms with van der Waals surface area (Å²) in [6.45, 7) is 7.86. The number of likely N-dealkylation sites (tertiary alicyclic amines) is 1. The van der Waals surface area contributed by atoms with Crippen LogP contribution < -0.4 is 0 Å². The van der Waals surface area contributed by atoms with Crippen molar-refractivity contribution in [2.75, 3.05) is 19.6 Å². The van der Waals surface area contributed by atoms with Gasteiger partial charge in [-0.15, -0.1) is 0 Å². The summed E-state index contributed by atoms with van der Waals surface area (Å²) in [5.74, 6) is 0. The lowest BCUT2D eigenvalue weighted by molar-refractivity contribution is 0.247. The molecule has 0 amide bonds. The highest BCUT2D eigenvalue weighted by molar-refractivity contribution is 9.10. The Morgan fingerprint density at radius 1 is 1.39 bits per heavy atom. The number of hydrogen-bond donors (Lipinski definition) is 0.